The zero-order valence-electron chi connectivity index (χ0n) is 9.75. The number of benzene rings is 2. The van der Waals surface area contributed by atoms with E-state index in [9.17, 15) is 8.78 Å². The highest BCUT2D eigenvalue weighted by atomic mass is 79.9. The Morgan fingerprint density at radius 1 is 1.15 bits per heavy atom. The average Bonchev–Trinajstić information content (AvgIpc) is 2.69. The fourth-order valence-corrected chi connectivity index (χ4v) is 2.82. The second-order valence-electron chi connectivity index (χ2n) is 4.15. The molecule has 0 amide bonds. The Bertz CT molecular complexity index is 888. The van der Waals surface area contributed by atoms with Crippen LogP contribution >= 0.6 is 39.7 Å². The highest BCUT2D eigenvalue weighted by Gasteiger charge is 2.11. The molecule has 0 bridgehead atoms. The van der Waals surface area contributed by atoms with Gasteiger partial charge in [-0.25, -0.2) is 8.78 Å². The monoisotopic (exact) mass is 374 g/mol. The zero-order valence-corrected chi connectivity index (χ0v) is 12.9. The number of nitrogens with one attached hydrogen (secondary N) is 1. The van der Waals surface area contributed by atoms with Crippen LogP contribution in [-0.2, 0) is 0 Å². The van der Waals surface area contributed by atoms with Gasteiger partial charge in [-0.1, -0.05) is 11.6 Å². The molecular weight excluding hydrogens is 370 g/mol. The van der Waals surface area contributed by atoms with Crippen molar-refractivity contribution in [2.75, 3.05) is 0 Å². The van der Waals surface area contributed by atoms with E-state index in [0.29, 0.717) is 26.0 Å². The molecule has 0 aliphatic heterocycles. The number of aromatic nitrogens is 2. The van der Waals surface area contributed by atoms with Gasteiger partial charge in [0.2, 0.25) is 0 Å². The Morgan fingerprint density at radius 2 is 1.90 bits per heavy atom. The zero-order chi connectivity index (χ0) is 14.4. The maximum Gasteiger partial charge on any atom is 0.182 e. The summed E-state index contributed by atoms with van der Waals surface area (Å²) in [6, 6.07) is 7.26. The molecule has 102 valence electrons. The lowest BCUT2D eigenvalue weighted by atomic mass is 10.2. The van der Waals surface area contributed by atoms with E-state index in [4.69, 9.17) is 23.8 Å². The van der Waals surface area contributed by atoms with Gasteiger partial charge in [0.25, 0.3) is 0 Å². The van der Waals surface area contributed by atoms with Gasteiger partial charge in [-0.15, -0.1) is 0 Å². The Morgan fingerprint density at radius 3 is 2.60 bits per heavy atom. The van der Waals surface area contributed by atoms with Gasteiger partial charge in [0, 0.05) is 11.8 Å². The van der Waals surface area contributed by atoms with Crippen LogP contribution in [0.5, 0.6) is 0 Å². The molecule has 0 unspecified atom stereocenters. The second kappa shape index (κ2) is 4.95. The van der Waals surface area contributed by atoms with Crippen molar-refractivity contribution < 1.29 is 8.78 Å². The second-order valence-corrected chi connectivity index (χ2v) is 5.80. The summed E-state index contributed by atoms with van der Waals surface area (Å²) in [5.41, 5.74) is 1.80. The van der Waals surface area contributed by atoms with Gasteiger partial charge in [-0.2, -0.15) is 0 Å². The molecule has 0 atom stereocenters. The number of aromatic amines is 1. The molecule has 0 saturated heterocycles. The van der Waals surface area contributed by atoms with E-state index >= 15 is 0 Å². The number of H-pyrrole nitrogens is 1. The minimum atomic E-state index is -0.525. The van der Waals surface area contributed by atoms with E-state index in [1.54, 1.807) is 16.7 Å². The standard InChI is InChI=1S/C13H6BrClF2N2S/c14-7-3-6(1-2-9(7)16)19-12-4-8(15)10(17)5-11(12)18-13(19)20/h1-5H,(H,18,20). The Kier molecular flexibility index (Phi) is 3.40. The van der Waals surface area contributed by atoms with Crippen LogP contribution in [0.25, 0.3) is 16.7 Å². The maximum atomic E-state index is 13.5. The minimum Gasteiger partial charge on any atom is -0.330 e. The molecule has 0 radical (unpaired) electrons. The number of hydrogen-bond acceptors (Lipinski definition) is 1. The molecule has 3 aromatic rings. The van der Waals surface area contributed by atoms with E-state index in [0.717, 1.165) is 0 Å². The molecule has 1 heterocycles. The third kappa shape index (κ3) is 2.17. The molecule has 0 aliphatic rings. The van der Waals surface area contributed by atoms with E-state index in [1.807, 2.05) is 0 Å². The van der Waals surface area contributed by atoms with Crippen molar-refractivity contribution in [2.24, 2.45) is 0 Å². The summed E-state index contributed by atoms with van der Waals surface area (Å²) in [6.07, 6.45) is 0. The summed E-state index contributed by atoms with van der Waals surface area (Å²) < 4.78 is 29.1. The largest absolute Gasteiger partial charge is 0.330 e. The minimum absolute atomic E-state index is 0.00132. The Hall–Kier alpha value is -1.24. The molecule has 2 nitrogen and oxygen atoms in total. The molecule has 0 fully saturated rings. The third-order valence-corrected chi connectivity index (χ3v) is 4.07. The summed E-state index contributed by atoms with van der Waals surface area (Å²) in [7, 11) is 0. The van der Waals surface area contributed by atoms with Crippen molar-refractivity contribution in [3.05, 3.63) is 56.2 Å². The topological polar surface area (TPSA) is 20.7 Å². The molecular formula is C13H6BrClF2N2S. The first-order valence-corrected chi connectivity index (χ1v) is 7.10. The molecule has 2 aromatic carbocycles. The first kappa shape index (κ1) is 13.7. The van der Waals surface area contributed by atoms with Gasteiger partial charge < -0.3 is 4.98 Å². The van der Waals surface area contributed by atoms with Crippen LogP contribution in [0.15, 0.2) is 34.8 Å². The van der Waals surface area contributed by atoms with Crippen LogP contribution in [-0.4, -0.2) is 9.55 Å². The number of halogens is 4. The molecule has 3 rings (SSSR count). The van der Waals surface area contributed by atoms with Gasteiger partial charge in [0.15, 0.2) is 4.77 Å². The van der Waals surface area contributed by atoms with Crippen molar-refractivity contribution in [1.29, 1.82) is 0 Å². The van der Waals surface area contributed by atoms with E-state index in [1.165, 1.54) is 18.2 Å². The summed E-state index contributed by atoms with van der Waals surface area (Å²) in [5.74, 6) is -0.896. The Balaban J connectivity index is 2.35. The molecule has 7 heteroatoms. The molecule has 20 heavy (non-hydrogen) atoms. The van der Waals surface area contributed by atoms with E-state index in [2.05, 4.69) is 20.9 Å². The molecule has 0 spiro atoms. The van der Waals surface area contributed by atoms with Crippen molar-refractivity contribution in [1.82, 2.24) is 9.55 Å². The van der Waals surface area contributed by atoms with Crippen molar-refractivity contribution in [3.63, 3.8) is 0 Å². The Labute approximate surface area is 131 Å². The van der Waals surface area contributed by atoms with Gasteiger partial charge in [0.05, 0.1) is 20.5 Å². The van der Waals surface area contributed by atoms with Crippen molar-refractivity contribution in [3.8, 4) is 5.69 Å². The van der Waals surface area contributed by atoms with Crippen molar-refractivity contribution >= 4 is 50.8 Å². The van der Waals surface area contributed by atoms with Gasteiger partial charge in [-0.05, 0) is 52.4 Å². The van der Waals surface area contributed by atoms with E-state index < -0.39 is 5.82 Å². The SMILES string of the molecule is Fc1cc2[nH]c(=S)n(-c3ccc(F)c(Br)c3)c2cc1Cl. The van der Waals surface area contributed by atoms with Gasteiger partial charge >= 0.3 is 0 Å². The van der Waals surface area contributed by atoms with Crippen LogP contribution in [0.1, 0.15) is 0 Å². The highest BCUT2D eigenvalue weighted by Crippen LogP contribution is 2.27. The first-order chi connectivity index (χ1) is 9.47. The van der Waals surface area contributed by atoms with Crippen LogP contribution in [0.3, 0.4) is 0 Å². The summed E-state index contributed by atoms with van der Waals surface area (Å²) in [6.45, 7) is 0. The lowest BCUT2D eigenvalue weighted by molar-refractivity contribution is 0.620. The normalized spacial score (nSPS) is 11.2. The van der Waals surface area contributed by atoms with Crippen LogP contribution in [0.4, 0.5) is 8.78 Å². The maximum absolute atomic E-state index is 13.5. The van der Waals surface area contributed by atoms with Gasteiger partial charge in [0.1, 0.15) is 11.6 Å². The summed E-state index contributed by atoms with van der Waals surface area (Å²) in [5, 5.41) is 0.00132. The number of imidazole rings is 1. The first-order valence-electron chi connectivity index (χ1n) is 5.52. The molecule has 0 aliphatic carbocycles. The van der Waals surface area contributed by atoms with Crippen molar-refractivity contribution in [2.45, 2.75) is 0 Å². The van der Waals surface area contributed by atoms with Gasteiger partial charge in [-0.3, -0.25) is 4.57 Å². The van der Waals surface area contributed by atoms with Crippen LogP contribution in [0.2, 0.25) is 5.02 Å². The van der Waals surface area contributed by atoms with Crippen LogP contribution in [0, 0.1) is 16.4 Å². The summed E-state index contributed by atoms with van der Waals surface area (Å²) >= 11 is 14.2. The number of nitrogens with zero attached hydrogens (tertiary/aromatic N) is 1. The van der Waals surface area contributed by atoms with Crippen LogP contribution < -0.4 is 0 Å². The molecule has 1 N–H and O–H groups in total. The predicted octanol–water partition coefficient (Wildman–Crippen LogP) is 5.38. The smallest absolute Gasteiger partial charge is 0.182 e. The lowest BCUT2D eigenvalue weighted by Gasteiger charge is -2.06. The fourth-order valence-electron chi connectivity index (χ4n) is 1.98. The fraction of sp³-hybridized carbons (Fsp3) is 0. The highest BCUT2D eigenvalue weighted by molar-refractivity contribution is 9.10. The van der Waals surface area contributed by atoms with E-state index in [-0.39, 0.29) is 10.8 Å². The number of rotatable bonds is 1. The third-order valence-electron chi connectivity index (χ3n) is 2.89. The number of hydrogen-bond donors (Lipinski definition) is 1. The predicted molar refractivity (Wildman–Crippen MR) is 81.1 cm³/mol. The number of fused-ring (bicyclic) bond motifs is 1. The average molecular weight is 376 g/mol. The quantitative estimate of drug-likeness (QED) is 0.566. The summed E-state index contributed by atoms with van der Waals surface area (Å²) in [4.78, 5) is 2.90. The lowest BCUT2D eigenvalue weighted by Crippen LogP contribution is -1.95. The molecule has 0 saturated carbocycles. The molecule has 1 aromatic heterocycles.